The van der Waals surface area contributed by atoms with Crippen LogP contribution in [0.15, 0.2) is 42.7 Å². The van der Waals surface area contributed by atoms with Gasteiger partial charge >= 0.3 is 6.16 Å². The average molecular weight is 454 g/mol. The van der Waals surface area contributed by atoms with Crippen LogP contribution in [0.4, 0.5) is 4.79 Å². The molecule has 2 aromatic rings. The first-order valence-corrected chi connectivity index (χ1v) is 11.3. The first-order valence-electron chi connectivity index (χ1n) is 9.48. The maximum atomic E-state index is 12.2. The van der Waals surface area contributed by atoms with Crippen LogP contribution in [0.2, 0.25) is 0 Å². The molecule has 9 nitrogen and oxygen atoms in total. The molecule has 0 fully saturated rings. The van der Waals surface area contributed by atoms with Crippen LogP contribution in [-0.4, -0.2) is 31.3 Å². The number of benzene rings is 1. The molecule has 1 heterocycles. The third-order valence-electron chi connectivity index (χ3n) is 3.98. The van der Waals surface area contributed by atoms with Crippen molar-refractivity contribution in [3.8, 4) is 5.75 Å². The monoisotopic (exact) mass is 453 g/mol. The van der Waals surface area contributed by atoms with E-state index in [0.29, 0.717) is 17.6 Å². The molecule has 0 unspecified atom stereocenters. The van der Waals surface area contributed by atoms with Crippen molar-refractivity contribution in [1.29, 1.82) is 0 Å². The largest absolute Gasteiger partial charge is 0.518 e. The summed E-state index contributed by atoms with van der Waals surface area (Å²) in [6.07, 6.45) is 3.10. The van der Waals surface area contributed by atoms with Gasteiger partial charge in [0.2, 0.25) is 0 Å². The summed E-state index contributed by atoms with van der Waals surface area (Å²) in [6.45, 7) is 8.10. The number of ether oxygens (including phenoxy) is 2. The number of pyridine rings is 1. The Balaban J connectivity index is 0.000000861. The molecule has 0 saturated carbocycles. The fourth-order valence-corrected chi connectivity index (χ4v) is 2.59. The zero-order chi connectivity index (χ0) is 23.8. The Morgan fingerprint density at radius 3 is 2.03 bits per heavy atom. The molecule has 0 aliphatic carbocycles. The van der Waals surface area contributed by atoms with Gasteiger partial charge in [-0.1, -0.05) is 45.9 Å². The number of nitrogens with two attached hydrogens (primary N) is 1. The molecule has 31 heavy (non-hydrogen) atoms. The SMILES string of the molecule is CC(C)c1cccc(C(C)C)c1OC(=O)OC[n+]1cccc(C(N)=O)c1.CS(=O)(=O)O. The van der Waals surface area contributed by atoms with Crippen molar-refractivity contribution < 1.29 is 36.6 Å². The summed E-state index contributed by atoms with van der Waals surface area (Å²) >= 11 is 0. The predicted octanol–water partition coefficient (Wildman–Crippen LogP) is 3.00. The molecule has 3 N–H and O–H groups in total. The van der Waals surface area contributed by atoms with Crippen LogP contribution >= 0.6 is 0 Å². The smallest absolute Gasteiger partial charge is 0.394 e. The molecule has 170 valence electrons. The number of amides is 1. The van der Waals surface area contributed by atoms with Crippen LogP contribution in [0.3, 0.4) is 0 Å². The number of nitrogens with zero attached hydrogens (tertiary/aromatic N) is 1. The van der Waals surface area contributed by atoms with Gasteiger partial charge in [0.25, 0.3) is 22.8 Å². The summed E-state index contributed by atoms with van der Waals surface area (Å²) < 4.78 is 38.1. The second-order valence-electron chi connectivity index (χ2n) is 7.40. The Bertz CT molecular complexity index is 984. The molecule has 0 spiro atoms. The molecule has 0 bridgehead atoms. The lowest BCUT2D eigenvalue weighted by molar-refractivity contribution is -0.727. The van der Waals surface area contributed by atoms with E-state index in [1.54, 1.807) is 22.9 Å². The van der Waals surface area contributed by atoms with E-state index >= 15 is 0 Å². The normalized spacial score (nSPS) is 11.0. The summed E-state index contributed by atoms with van der Waals surface area (Å²) in [5.41, 5.74) is 7.49. The number of hydrogen-bond acceptors (Lipinski definition) is 6. The zero-order valence-corrected chi connectivity index (χ0v) is 19.0. The second kappa shape index (κ2) is 11.4. The van der Waals surface area contributed by atoms with Crippen LogP contribution in [0.25, 0.3) is 0 Å². The third-order valence-corrected chi connectivity index (χ3v) is 3.98. The number of primary amides is 1. The summed E-state index contributed by atoms with van der Waals surface area (Å²) in [6, 6.07) is 9.10. The molecular formula is C21H29N2O7S+. The summed E-state index contributed by atoms with van der Waals surface area (Å²) in [7, 11) is -3.67. The number of para-hydroxylation sites is 1. The van der Waals surface area contributed by atoms with Crippen molar-refractivity contribution >= 4 is 22.2 Å². The van der Waals surface area contributed by atoms with Crippen LogP contribution < -0.4 is 15.0 Å². The average Bonchev–Trinajstić information content (AvgIpc) is 2.65. The van der Waals surface area contributed by atoms with E-state index in [-0.39, 0.29) is 18.6 Å². The lowest BCUT2D eigenvalue weighted by atomic mass is 9.94. The van der Waals surface area contributed by atoms with Crippen LogP contribution in [0.1, 0.15) is 61.0 Å². The molecule has 0 aliphatic heterocycles. The first kappa shape index (κ1) is 26.1. The van der Waals surface area contributed by atoms with Crippen LogP contribution in [-0.2, 0) is 21.6 Å². The van der Waals surface area contributed by atoms with Gasteiger partial charge in [-0.15, -0.1) is 0 Å². The minimum Gasteiger partial charge on any atom is -0.394 e. The maximum Gasteiger partial charge on any atom is 0.518 e. The Morgan fingerprint density at radius 2 is 1.58 bits per heavy atom. The van der Waals surface area contributed by atoms with Crippen LogP contribution in [0, 0.1) is 0 Å². The van der Waals surface area contributed by atoms with Crippen molar-refractivity contribution in [3.63, 3.8) is 0 Å². The van der Waals surface area contributed by atoms with Crippen molar-refractivity contribution in [1.82, 2.24) is 0 Å². The molecule has 0 aliphatic rings. The van der Waals surface area contributed by atoms with E-state index in [1.165, 1.54) is 6.20 Å². The number of aromatic nitrogens is 1. The summed E-state index contributed by atoms with van der Waals surface area (Å²) in [5, 5.41) is 0. The van der Waals surface area contributed by atoms with Gasteiger partial charge in [-0.3, -0.25) is 9.35 Å². The first-order chi connectivity index (χ1) is 14.3. The highest BCUT2D eigenvalue weighted by Crippen LogP contribution is 2.34. The molecule has 0 atom stereocenters. The topological polar surface area (TPSA) is 137 Å². The Morgan fingerprint density at radius 1 is 1.06 bits per heavy atom. The predicted molar refractivity (Wildman–Crippen MR) is 114 cm³/mol. The highest BCUT2D eigenvalue weighted by Gasteiger charge is 2.19. The number of carbonyl (C=O) groups excluding carboxylic acids is 2. The van der Waals surface area contributed by atoms with Gasteiger partial charge in [-0.2, -0.15) is 13.0 Å². The van der Waals surface area contributed by atoms with Gasteiger partial charge in [0.1, 0.15) is 11.3 Å². The molecule has 10 heteroatoms. The molecule has 1 aromatic carbocycles. The number of carbonyl (C=O) groups is 2. The van der Waals surface area contributed by atoms with Gasteiger partial charge < -0.3 is 15.2 Å². The van der Waals surface area contributed by atoms with E-state index in [4.69, 9.17) is 19.8 Å². The second-order valence-corrected chi connectivity index (χ2v) is 8.87. The van der Waals surface area contributed by atoms with Gasteiger partial charge in [0.15, 0.2) is 12.4 Å². The molecule has 1 aromatic heterocycles. The minimum absolute atomic E-state index is 0.0825. The Kier molecular flexibility index (Phi) is 9.60. The van der Waals surface area contributed by atoms with E-state index < -0.39 is 22.2 Å². The molecule has 0 radical (unpaired) electrons. The van der Waals surface area contributed by atoms with Gasteiger partial charge in [-0.05, 0) is 29.0 Å². The maximum absolute atomic E-state index is 12.2. The van der Waals surface area contributed by atoms with E-state index in [2.05, 4.69) is 0 Å². The third kappa shape index (κ3) is 9.58. The highest BCUT2D eigenvalue weighted by atomic mass is 32.2. The number of hydrogen-bond donors (Lipinski definition) is 2. The standard InChI is InChI=1S/C20H24N2O4.CH4O3S/c1-13(2)16-8-5-9-17(14(3)4)18(16)26-20(24)25-12-22-10-6-7-15(11-22)19(21)23;1-5(2,3)4/h5-11,13-14H,12H2,1-4H3,(H-,21,23);1H3,(H,2,3,4)/p+1. The van der Waals surface area contributed by atoms with E-state index in [1.807, 2.05) is 45.9 Å². The van der Waals surface area contributed by atoms with Gasteiger partial charge in [0.05, 0.1) is 6.26 Å². The van der Waals surface area contributed by atoms with Crippen molar-refractivity contribution in [2.75, 3.05) is 6.26 Å². The van der Waals surface area contributed by atoms with E-state index in [9.17, 15) is 18.0 Å². The van der Waals surface area contributed by atoms with Crippen LogP contribution in [0.5, 0.6) is 5.75 Å². The molecule has 0 saturated heterocycles. The quantitative estimate of drug-likeness (QED) is 0.297. The van der Waals surface area contributed by atoms with Crippen molar-refractivity contribution in [2.24, 2.45) is 5.73 Å². The van der Waals surface area contributed by atoms with Crippen molar-refractivity contribution in [2.45, 2.75) is 46.3 Å². The zero-order valence-electron chi connectivity index (χ0n) is 18.2. The number of rotatable bonds is 6. The minimum atomic E-state index is -3.67. The Labute approximate surface area is 182 Å². The summed E-state index contributed by atoms with van der Waals surface area (Å²) in [5.74, 6) is 0.420. The Hall–Kier alpha value is -2.98. The fraction of sp³-hybridized carbons (Fsp3) is 0.381. The molecule has 1 amide bonds. The molecular weight excluding hydrogens is 424 g/mol. The lowest BCUT2D eigenvalue weighted by Crippen LogP contribution is -2.37. The van der Waals surface area contributed by atoms with Crippen molar-refractivity contribution in [3.05, 3.63) is 59.4 Å². The van der Waals surface area contributed by atoms with E-state index in [0.717, 1.165) is 11.1 Å². The molecule has 2 rings (SSSR count). The fourth-order valence-electron chi connectivity index (χ4n) is 2.59. The van der Waals surface area contributed by atoms with Gasteiger partial charge in [-0.25, -0.2) is 4.79 Å². The summed E-state index contributed by atoms with van der Waals surface area (Å²) in [4.78, 5) is 23.4. The lowest BCUT2D eigenvalue weighted by Gasteiger charge is -2.18. The van der Waals surface area contributed by atoms with Gasteiger partial charge in [0, 0.05) is 6.07 Å². The highest BCUT2D eigenvalue weighted by molar-refractivity contribution is 7.85.